The van der Waals surface area contributed by atoms with Crippen LogP contribution in [0, 0.1) is 6.92 Å². The number of unbranched alkanes of at least 4 members (excludes halogenated alkanes) is 16. The number of nitrogens with one attached hydrogen (secondary N) is 2. The second-order valence-corrected chi connectivity index (χ2v) is 13.0. The van der Waals surface area contributed by atoms with Gasteiger partial charge in [0.1, 0.15) is 5.75 Å². The van der Waals surface area contributed by atoms with Crippen LogP contribution in [0.25, 0.3) is 0 Å². The molecule has 0 heterocycles. The predicted molar refractivity (Wildman–Crippen MR) is 177 cm³/mol. The van der Waals surface area contributed by atoms with Crippen LogP contribution in [0.15, 0.2) is 6.07 Å². The zero-order valence-electron chi connectivity index (χ0n) is 27.9. The van der Waals surface area contributed by atoms with Crippen LogP contribution in [-0.4, -0.2) is 18.9 Å². The summed E-state index contributed by atoms with van der Waals surface area (Å²) in [7, 11) is 1.66. The summed E-state index contributed by atoms with van der Waals surface area (Å²) in [6.07, 6.45) is 23.1. The molecule has 5 heteroatoms. The lowest BCUT2D eigenvalue weighted by molar-refractivity contribution is -0.117. The maximum Gasteiger partial charge on any atom is 0.224 e. The van der Waals surface area contributed by atoms with Crippen LogP contribution in [0.3, 0.4) is 0 Å². The zero-order chi connectivity index (χ0) is 30.5. The average Bonchev–Trinajstić information content (AvgIpc) is 2.92. The van der Waals surface area contributed by atoms with Crippen LogP contribution < -0.4 is 15.4 Å². The number of hydrogen-bond donors (Lipinski definition) is 2. The molecule has 0 radical (unpaired) electrons. The highest BCUT2D eigenvalue weighted by molar-refractivity contribution is 5.98. The number of hydrogen-bond acceptors (Lipinski definition) is 3. The van der Waals surface area contributed by atoms with Crippen molar-refractivity contribution >= 4 is 23.2 Å². The van der Waals surface area contributed by atoms with E-state index in [1.807, 2.05) is 13.0 Å². The molecule has 0 saturated carbocycles. The fraction of sp³-hybridized carbons (Fsp3) is 0.778. The van der Waals surface area contributed by atoms with Crippen LogP contribution in [0.5, 0.6) is 5.75 Å². The monoisotopic (exact) mass is 572 g/mol. The molecule has 0 unspecified atom stereocenters. The molecule has 0 atom stereocenters. The number of amides is 2. The fourth-order valence-corrected chi connectivity index (χ4v) is 5.41. The lowest BCUT2D eigenvalue weighted by atomic mass is 9.84. The van der Waals surface area contributed by atoms with Crippen LogP contribution in [0.1, 0.15) is 174 Å². The molecule has 2 N–H and O–H groups in total. The number of anilines is 2. The minimum Gasteiger partial charge on any atom is -0.494 e. The number of methoxy groups -OCH3 is 1. The Morgan fingerprint density at radius 2 is 1.05 bits per heavy atom. The molecule has 5 nitrogen and oxygen atoms in total. The van der Waals surface area contributed by atoms with Gasteiger partial charge in [0.05, 0.1) is 12.8 Å². The average molecular weight is 573 g/mol. The van der Waals surface area contributed by atoms with E-state index in [-0.39, 0.29) is 17.2 Å². The summed E-state index contributed by atoms with van der Waals surface area (Å²) in [6, 6.07) is 2.03. The maximum atomic E-state index is 13.0. The topological polar surface area (TPSA) is 67.4 Å². The SMILES string of the molecule is CCCCCCCCCCCC(=O)Nc1cc(C(C)(C)C)c(OC)c(NC(=O)CCCCCCCCCCC)c1C. The Balaban J connectivity index is 2.71. The Morgan fingerprint density at radius 1 is 0.659 bits per heavy atom. The van der Waals surface area contributed by atoms with Crippen molar-refractivity contribution in [2.75, 3.05) is 17.7 Å². The smallest absolute Gasteiger partial charge is 0.224 e. The van der Waals surface area contributed by atoms with E-state index in [1.54, 1.807) is 7.11 Å². The fourth-order valence-electron chi connectivity index (χ4n) is 5.41. The van der Waals surface area contributed by atoms with Gasteiger partial charge in [-0.2, -0.15) is 0 Å². The Morgan fingerprint density at radius 3 is 1.44 bits per heavy atom. The molecule has 1 rings (SSSR count). The Kier molecular flexibility index (Phi) is 19.5. The van der Waals surface area contributed by atoms with Gasteiger partial charge in [-0.3, -0.25) is 9.59 Å². The molecule has 1 aromatic carbocycles. The molecular formula is C36H64N2O3. The van der Waals surface area contributed by atoms with Crippen molar-refractivity contribution in [2.24, 2.45) is 0 Å². The number of ether oxygens (including phenoxy) is 1. The van der Waals surface area contributed by atoms with Gasteiger partial charge in [0.25, 0.3) is 0 Å². The van der Waals surface area contributed by atoms with Crippen LogP contribution >= 0.6 is 0 Å². The van der Waals surface area contributed by atoms with Gasteiger partial charge in [-0.15, -0.1) is 0 Å². The van der Waals surface area contributed by atoms with E-state index in [2.05, 4.69) is 45.3 Å². The van der Waals surface area contributed by atoms with Crippen molar-refractivity contribution in [1.82, 2.24) is 0 Å². The summed E-state index contributed by atoms with van der Waals surface area (Å²) >= 11 is 0. The summed E-state index contributed by atoms with van der Waals surface area (Å²) in [4.78, 5) is 25.9. The van der Waals surface area contributed by atoms with Gasteiger partial charge in [-0.1, -0.05) is 137 Å². The molecule has 0 aliphatic rings. The standard InChI is InChI=1S/C36H64N2O3/c1-8-10-12-14-16-18-20-22-24-26-32(39)37-31-28-30(36(4,5)6)35(41-7)34(29(31)3)38-33(40)27-25-23-21-19-17-15-13-11-9-2/h28H,8-27H2,1-7H3,(H,37,39)(H,38,40). The normalized spacial score (nSPS) is 11.5. The summed E-state index contributed by atoms with van der Waals surface area (Å²) < 4.78 is 5.85. The first-order valence-corrected chi connectivity index (χ1v) is 17.0. The molecular weight excluding hydrogens is 508 g/mol. The molecule has 0 fully saturated rings. The highest BCUT2D eigenvalue weighted by Gasteiger charge is 2.26. The van der Waals surface area contributed by atoms with Crippen molar-refractivity contribution in [2.45, 2.75) is 175 Å². The number of benzene rings is 1. The van der Waals surface area contributed by atoms with E-state index in [0.29, 0.717) is 24.3 Å². The summed E-state index contributed by atoms with van der Waals surface area (Å²) in [5.41, 5.74) is 3.04. The van der Waals surface area contributed by atoms with Gasteiger partial charge in [-0.25, -0.2) is 0 Å². The van der Waals surface area contributed by atoms with Gasteiger partial charge >= 0.3 is 0 Å². The summed E-state index contributed by atoms with van der Waals surface area (Å²) in [6.45, 7) is 12.8. The quantitative estimate of drug-likeness (QED) is 0.128. The minimum atomic E-state index is -0.216. The van der Waals surface area contributed by atoms with Gasteiger partial charge in [0.2, 0.25) is 11.8 Å². The number of carbonyl (C=O) groups is 2. The predicted octanol–water partition coefficient (Wildman–Crippen LogP) is 11.0. The van der Waals surface area contributed by atoms with E-state index < -0.39 is 0 Å². The number of rotatable bonds is 23. The van der Waals surface area contributed by atoms with Crippen molar-refractivity contribution in [3.05, 3.63) is 17.2 Å². The van der Waals surface area contributed by atoms with Crippen molar-refractivity contribution in [1.29, 1.82) is 0 Å². The first-order chi connectivity index (χ1) is 19.6. The third-order valence-electron chi connectivity index (χ3n) is 8.10. The highest BCUT2D eigenvalue weighted by atomic mass is 16.5. The molecule has 0 bridgehead atoms. The Labute approximate surface area is 253 Å². The van der Waals surface area contributed by atoms with E-state index in [4.69, 9.17) is 4.74 Å². The first-order valence-electron chi connectivity index (χ1n) is 17.0. The van der Waals surface area contributed by atoms with E-state index in [0.717, 1.165) is 42.5 Å². The molecule has 0 aliphatic heterocycles. The highest BCUT2D eigenvalue weighted by Crippen LogP contribution is 2.43. The summed E-state index contributed by atoms with van der Waals surface area (Å²) in [5.74, 6) is 0.729. The number of carbonyl (C=O) groups excluding carboxylic acids is 2. The molecule has 0 spiro atoms. The molecule has 2 amide bonds. The van der Waals surface area contributed by atoms with Crippen LogP contribution in [0.2, 0.25) is 0 Å². The van der Waals surface area contributed by atoms with Crippen molar-refractivity contribution < 1.29 is 14.3 Å². The van der Waals surface area contributed by atoms with E-state index >= 15 is 0 Å². The second-order valence-electron chi connectivity index (χ2n) is 13.0. The molecule has 0 aliphatic carbocycles. The Hall–Kier alpha value is -2.04. The lowest BCUT2D eigenvalue weighted by Gasteiger charge is -2.27. The lowest BCUT2D eigenvalue weighted by Crippen LogP contribution is -2.20. The maximum absolute atomic E-state index is 13.0. The van der Waals surface area contributed by atoms with Gasteiger partial charge in [-0.05, 0) is 36.8 Å². The van der Waals surface area contributed by atoms with Crippen LogP contribution in [0.4, 0.5) is 11.4 Å². The molecule has 1 aromatic rings. The third-order valence-corrected chi connectivity index (χ3v) is 8.10. The van der Waals surface area contributed by atoms with Gasteiger partial charge in [0.15, 0.2) is 0 Å². The second kappa shape index (κ2) is 21.6. The minimum absolute atomic E-state index is 0.00683. The van der Waals surface area contributed by atoms with Gasteiger partial charge < -0.3 is 15.4 Å². The zero-order valence-corrected chi connectivity index (χ0v) is 27.9. The van der Waals surface area contributed by atoms with Crippen molar-refractivity contribution in [3.63, 3.8) is 0 Å². The van der Waals surface area contributed by atoms with E-state index in [1.165, 1.54) is 89.9 Å². The molecule has 0 saturated heterocycles. The van der Waals surface area contributed by atoms with Crippen LogP contribution in [-0.2, 0) is 15.0 Å². The molecule has 236 valence electrons. The van der Waals surface area contributed by atoms with E-state index in [9.17, 15) is 9.59 Å². The Bertz CT molecular complexity index is 873. The largest absolute Gasteiger partial charge is 0.494 e. The molecule has 41 heavy (non-hydrogen) atoms. The van der Waals surface area contributed by atoms with Gasteiger partial charge in [0, 0.05) is 24.1 Å². The third kappa shape index (κ3) is 15.7. The molecule has 0 aromatic heterocycles. The van der Waals surface area contributed by atoms with Crippen molar-refractivity contribution in [3.8, 4) is 5.75 Å². The summed E-state index contributed by atoms with van der Waals surface area (Å²) in [5, 5.41) is 6.30. The first kappa shape index (κ1) is 37.0.